The molecule has 3 aromatic rings. The van der Waals surface area contributed by atoms with Crippen molar-refractivity contribution in [2.24, 2.45) is 0 Å². The highest BCUT2D eigenvalue weighted by Crippen LogP contribution is 2.34. The normalized spacial score (nSPS) is 15.7. The van der Waals surface area contributed by atoms with Gasteiger partial charge in [-0.25, -0.2) is 0 Å². The molecule has 0 amide bonds. The van der Waals surface area contributed by atoms with E-state index in [0.29, 0.717) is 11.4 Å². The van der Waals surface area contributed by atoms with E-state index in [0.717, 1.165) is 34.5 Å². The SMILES string of the molecule is O=c1[nH]ccc2c1c(-c1ccc(S)cc1)nn2C1CCCC1. The first-order valence-corrected chi connectivity index (χ1v) is 8.08. The van der Waals surface area contributed by atoms with Crippen molar-refractivity contribution in [1.29, 1.82) is 0 Å². The Hall–Kier alpha value is -2.01. The quantitative estimate of drug-likeness (QED) is 0.707. The number of pyridine rings is 1. The van der Waals surface area contributed by atoms with Gasteiger partial charge in [-0.1, -0.05) is 25.0 Å². The Kier molecular flexibility index (Phi) is 3.30. The first-order valence-electron chi connectivity index (χ1n) is 7.63. The molecule has 0 radical (unpaired) electrons. The summed E-state index contributed by atoms with van der Waals surface area (Å²) in [5, 5.41) is 5.49. The summed E-state index contributed by atoms with van der Waals surface area (Å²) in [5.41, 5.74) is 2.57. The van der Waals surface area contributed by atoms with Crippen LogP contribution in [0.5, 0.6) is 0 Å². The van der Waals surface area contributed by atoms with Gasteiger partial charge in [-0.2, -0.15) is 5.10 Å². The predicted molar refractivity (Wildman–Crippen MR) is 90.5 cm³/mol. The van der Waals surface area contributed by atoms with Crippen LogP contribution in [-0.4, -0.2) is 14.8 Å². The van der Waals surface area contributed by atoms with Gasteiger partial charge < -0.3 is 4.98 Å². The molecule has 2 aromatic heterocycles. The highest BCUT2D eigenvalue weighted by molar-refractivity contribution is 7.80. The van der Waals surface area contributed by atoms with E-state index in [1.165, 1.54) is 12.8 Å². The second-order valence-electron chi connectivity index (χ2n) is 5.85. The van der Waals surface area contributed by atoms with Gasteiger partial charge in [0.1, 0.15) is 5.69 Å². The predicted octanol–water partition coefficient (Wildman–Crippen LogP) is 3.80. The number of hydrogen-bond acceptors (Lipinski definition) is 3. The van der Waals surface area contributed by atoms with E-state index in [1.807, 2.05) is 30.3 Å². The molecule has 22 heavy (non-hydrogen) atoms. The Morgan fingerprint density at radius 2 is 1.86 bits per heavy atom. The molecule has 1 N–H and O–H groups in total. The summed E-state index contributed by atoms with van der Waals surface area (Å²) in [5.74, 6) is 0. The van der Waals surface area contributed by atoms with E-state index in [2.05, 4.69) is 22.3 Å². The second kappa shape index (κ2) is 5.32. The lowest BCUT2D eigenvalue weighted by Crippen LogP contribution is -2.08. The number of fused-ring (bicyclic) bond motifs is 1. The molecule has 0 saturated heterocycles. The summed E-state index contributed by atoms with van der Waals surface area (Å²) in [6.07, 6.45) is 6.45. The van der Waals surface area contributed by atoms with Crippen LogP contribution in [0.15, 0.2) is 46.2 Å². The van der Waals surface area contributed by atoms with E-state index in [1.54, 1.807) is 6.20 Å². The molecule has 112 valence electrons. The maximum atomic E-state index is 12.3. The van der Waals surface area contributed by atoms with Crippen LogP contribution in [0.4, 0.5) is 0 Å². The lowest BCUT2D eigenvalue weighted by Gasteiger charge is -2.10. The minimum absolute atomic E-state index is 0.0771. The second-order valence-corrected chi connectivity index (χ2v) is 6.36. The molecular weight excluding hydrogens is 294 g/mol. The van der Waals surface area contributed by atoms with E-state index >= 15 is 0 Å². The van der Waals surface area contributed by atoms with Gasteiger partial charge in [0.25, 0.3) is 5.56 Å². The Morgan fingerprint density at radius 3 is 2.59 bits per heavy atom. The van der Waals surface area contributed by atoms with E-state index in [9.17, 15) is 4.79 Å². The smallest absolute Gasteiger partial charge is 0.259 e. The van der Waals surface area contributed by atoms with Crippen molar-refractivity contribution < 1.29 is 0 Å². The van der Waals surface area contributed by atoms with Crippen molar-refractivity contribution in [2.75, 3.05) is 0 Å². The standard InChI is InChI=1S/C17H17N3OS/c21-17-15-14(9-10-18-17)20(12-3-1-2-4-12)19-16(15)11-5-7-13(22)8-6-11/h5-10,12,22H,1-4H2,(H,18,21). The lowest BCUT2D eigenvalue weighted by molar-refractivity contribution is 0.483. The number of rotatable bonds is 2. The molecule has 1 aliphatic rings. The maximum Gasteiger partial charge on any atom is 0.259 e. The molecule has 1 saturated carbocycles. The molecule has 0 aliphatic heterocycles. The van der Waals surface area contributed by atoms with Crippen molar-refractivity contribution in [2.45, 2.75) is 36.6 Å². The van der Waals surface area contributed by atoms with Crippen LogP contribution in [0.3, 0.4) is 0 Å². The highest BCUT2D eigenvalue weighted by Gasteiger charge is 2.23. The van der Waals surface area contributed by atoms with E-state index < -0.39 is 0 Å². The number of thiol groups is 1. The van der Waals surface area contributed by atoms with Crippen LogP contribution >= 0.6 is 12.6 Å². The van der Waals surface area contributed by atoms with Gasteiger partial charge in [0.05, 0.1) is 16.9 Å². The largest absolute Gasteiger partial charge is 0.328 e. The molecule has 4 rings (SSSR count). The summed E-state index contributed by atoms with van der Waals surface area (Å²) in [4.78, 5) is 16.0. The molecule has 1 fully saturated rings. The number of aromatic nitrogens is 3. The number of benzene rings is 1. The topological polar surface area (TPSA) is 50.7 Å². The zero-order chi connectivity index (χ0) is 15.1. The summed E-state index contributed by atoms with van der Waals surface area (Å²) in [6, 6.07) is 10.2. The Labute approximate surface area is 133 Å². The zero-order valence-electron chi connectivity index (χ0n) is 12.1. The number of aromatic amines is 1. The molecule has 1 aliphatic carbocycles. The Balaban J connectivity index is 1.98. The summed E-state index contributed by atoms with van der Waals surface area (Å²) >= 11 is 4.32. The van der Waals surface area contributed by atoms with Gasteiger partial charge in [0.15, 0.2) is 0 Å². The third kappa shape index (κ3) is 2.16. The minimum atomic E-state index is -0.0771. The first kappa shape index (κ1) is 13.6. The lowest BCUT2D eigenvalue weighted by atomic mass is 10.1. The van der Waals surface area contributed by atoms with E-state index in [-0.39, 0.29) is 5.56 Å². The molecule has 1 aromatic carbocycles. The maximum absolute atomic E-state index is 12.3. The fraction of sp³-hybridized carbons (Fsp3) is 0.294. The van der Waals surface area contributed by atoms with Crippen molar-refractivity contribution in [3.05, 3.63) is 46.9 Å². The summed E-state index contributed by atoms with van der Waals surface area (Å²) in [7, 11) is 0. The third-order valence-corrected chi connectivity index (χ3v) is 4.74. The fourth-order valence-corrected chi connectivity index (χ4v) is 3.50. The van der Waals surface area contributed by atoms with Gasteiger partial charge >= 0.3 is 0 Å². The summed E-state index contributed by atoms with van der Waals surface area (Å²) < 4.78 is 2.06. The fourth-order valence-electron chi connectivity index (χ4n) is 3.35. The van der Waals surface area contributed by atoms with Crippen LogP contribution in [0, 0.1) is 0 Å². The minimum Gasteiger partial charge on any atom is -0.328 e. The van der Waals surface area contributed by atoms with Crippen LogP contribution in [0.25, 0.3) is 22.2 Å². The zero-order valence-corrected chi connectivity index (χ0v) is 13.0. The molecule has 0 spiro atoms. The Morgan fingerprint density at radius 1 is 1.14 bits per heavy atom. The molecule has 0 atom stereocenters. The van der Waals surface area contributed by atoms with Gasteiger partial charge in [-0.15, -0.1) is 12.6 Å². The molecule has 2 heterocycles. The highest BCUT2D eigenvalue weighted by atomic mass is 32.1. The number of nitrogens with one attached hydrogen (secondary N) is 1. The van der Waals surface area contributed by atoms with Gasteiger partial charge in [-0.05, 0) is 31.0 Å². The molecule has 0 bridgehead atoms. The van der Waals surface area contributed by atoms with Crippen LogP contribution in [-0.2, 0) is 0 Å². The van der Waals surface area contributed by atoms with Gasteiger partial charge in [-0.3, -0.25) is 9.48 Å². The average Bonchev–Trinajstić information content (AvgIpc) is 3.15. The molecule has 0 unspecified atom stereocenters. The van der Waals surface area contributed by atoms with E-state index in [4.69, 9.17) is 5.10 Å². The van der Waals surface area contributed by atoms with Crippen molar-refractivity contribution in [1.82, 2.24) is 14.8 Å². The number of hydrogen-bond donors (Lipinski definition) is 2. The van der Waals surface area contributed by atoms with Gasteiger partial charge in [0, 0.05) is 16.7 Å². The Bertz CT molecular complexity index is 873. The molecule has 4 nitrogen and oxygen atoms in total. The van der Waals surface area contributed by atoms with Gasteiger partial charge in [0.2, 0.25) is 0 Å². The van der Waals surface area contributed by atoms with Crippen molar-refractivity contribution in [3.63, 3.8) is 0 Å². The molecular formula is C17H17N3OS. The van der Waals surface area contributed by atoms with Crippen molar-refractivity contribution >= 4 is 23.5 Å². The van der Waals surface area contributed by atoms with Crippen LogP contribution in [0.1, 0.15) is 31.7 Å². The van der Waals surface area contributed by atoms with Crippen LogP contribution < -0.4 is 5.56 Å². The number of H-pyrrole nitrogens is 1. The average molecular weight is 311 g/mol. The third-order valence-electron chi connectivity index (χ3n) is 4.44. The van der Waals surface area contributed by atoms with Crippen molar-refractivity contribution in [3.8, 4) is 11.3 Å². The van der Waals surface area contributed by atoms with Crippen LogP contribution in [0.2, 0.25) is 0 Å². The number of nitrogens with zero attached hydrogens (tertiary/aromatic N) is 2. The first-order chi connectivity index (χ1) is 10.7. The molecule has 5 heteroatoms. The summed E-state index contributed by atoms with van der Waals surface area (Å²) in [6.45, 7) is 0. The monoisotopic (exact) mass is 311 g/mol.